The molecule has 1 radical (unpaired) electrons. The van der Waals surface area contributed by atoms with Gasteiger partial charge in [0.1, 0.15) is 0 Å². The van der Waals surface area contributed by atoms with Gasteiger partial charge in [-0.05, 0) is 55.5 Å². The van der Waals surface area contributed by atoms with E-state index in [0.29, 0.717) is 0 Å². The van der Waals surface area contributed by atoms with E-state index in [-0.39, 0.29) is 0 Å². The lowest BCUT2D eigenvalue weighted by Gasteiger charge is -2.12. The van der Waals surface area contributed by atoms with Gasteiger partial charge in [0.2, 0.25) is 0 Å². The van der Waals surface area contributed by atoms with Gasteiger partial charge in [0.05, 0.1) is 0 Å². The summed E-state index contributed by atoms with van der Waals surface area (Å²) < 4.78 is 0. The molecule has 0 N–H and O–H groups in total. The van der Waals surface area contributed by atoms with E-state index in [1.165, 1.54) is 27.8 Å². The SMILES string of the molecule is Cc1cc(C)c(C[S])c(C)c1C. The summed E-state index contributed by atoms with van der Waals surface area (Å²) in [4.78, 5) is 0. The Kier molecular flexibility index (Phi) is 2.84. The lowest BCUT2D eigenvalue weighted by Crippen LogP contribution is -1.96. The van der Waals surface area contributed by atoms with Gasteiger partial charge in [0.15, 0.2) is 0 Å². The molecule has 1 aromatic rings. The number of rotatable bonds is 1. The maximum absolute atomic E-state index is 5.10. The molecule has 0 saturated carbocycles. The first-order valence-corrected chi connectivity index (χ1v) is 4.80. The third-order valence-corrected chi connectivity index (χ3v) is 2.95. The lowest BCUT2D eigenvalue weighted by molar-refractivity contribution is 1.16. The summed E-state index contributed by atoms with van der Waals surface area (Å²) in [5.41, 5.74) is 6.82. The highest BCUT2D eigenvalue weighted by Crippen LogP contribution is 2.22. The van der Waals surface area contributed by atoms with Gasteiger partial charge < -0.3 is 0 Å². The Balaban J connectivity index is 3.40. The minimum Gasteiger partial charge on any atom is -0.0890 e. The van der Waals surface area contributed by atoms with E-state index in [9.17, 15) is 0 Å². The third-order valence-electron chi connectivity index (χ3n) is 2.66. The van der Waals surface area contributed by atoms with Gasteiger partial charge in [0, 0.05) is 5.75 Å². The highest BCUT2D eigenvalue weighted by atomic mass is 32.1. The van der Waals surface area contributed by atoms with E-state index >= 15 is 0 Å². The van der Waals surface area contributed by atoms with E-state index in [1.807, 2.05) is 0 Å². The molecule has 0 aliphatic carbocycles. The zero-order valence-electron chi connectivity index (χ0n) is 8.19. The molecule has 0 amide bonds. The maximum Gasteiger partial charge on any atom is 0.0294 e. The first-order chi connectivity index (χ1) is 5.57. The quantitative estimate of drug-likeness (QED) is 0.617. The standard InChI is InChI=1S/C11H15S/c1-7-5-8(2)11(6-12)10(4)9(7)3/h5H,6H2,1-4H3. The predicted octanol–water partition coefficient (Wildman–Crippen LogP) is 3.62. The summed E-state index contributed by atoms with van der Waals surface area (Å²) >= 11 is 5.10. The molecule has 0 saturated heterocycles. The zero-order chi connectivity index (χ0) is 9.30. The summed E-state index contributed by atoms with van der Waals surface area (Å²) in [6.45, 7) is 8.62. The molecule has 0 heterocycles. The Hall–Kier alpha value is -0.430. The number of benzene rings is 1. The van der Waals surface area contributed by atoms with Crippen molar-refractivity contribution in [3.8, 4) is 0 Å². The summed E-state index contributed by atoms with van der Waals surface area (Å²) in [5, 5.41) is 0. The molecule has 65 valence electrons. The number of hydrogen-bond donors (Lipinski definition) is 0. The second-order valence-corrected chi connectivity index (χ2v) is 3.67. The molecule has 0 atom stereocenters. The van der Waals surface area contributed by atoms with Crippen LogP contribution in [0.15, 0.2) is 6.07 Å². The Morgan fingerprint density at radius 3 is 2.08 bits per heavy atom. The van der Waals surface area contributed by atoms with Gasteiger partial charge >= 0.3 is 0 Å². The van der Waals surface area contributed by atoms with Gasteiger partial charge in [-0.2, -0.15) is 0 Å². The summed E-state index contributed by atoms with van der Waals surface area (Å²) in [6.07, 6.45) is 0. The van der Waals surface area contributed by atoms with Crippen LogP contribution in [0.25, 0.3) is 0 Å². The average Bonchev–Trinajstić information content (AvgIpc) is 2.01. The van der Waals surface area contributed by atoms with Crippen molar-refractivity contribution in [1.29, 1.82) is 0 Å². The first-order valence-electron chi connectivity index (χ1n) is 4.22. The lowest BCUT2D eigenvalue weighted by atomic mass is 9.95. The number of hydrogen-bond acceptors (Lipinski definition) is 0. The van der Waals surface area contributed by atoms with Crippen LogP contribution in [0, 0.1) is 27.7 Å². The molecule has 1 heteroatoms. The van der Waals surface area contributed by atoms with Crippen LogP contribution in [0.5, 0.6) is 0 Å². The van der Waals surface area contributed by atoms with Crippen molar-refractivity contribution in [2.75, 3.05) is 0 Å². The highest BCUT2D eigenvalue weighted by molar-refractivity contribution is 7.79. The van der Waals surface area contributed by atoms with Crippen molar-refractivity contribution in [2.24, 2.45) is 0 Å². The monoisotopic (exact) mass is 179 g/mol. The van der Waals surface area contributed by atoms with Crippen molar-refractivity contribution in [3.63, 3.8) is 0 Å². The molecule has 1 rings (SSSR count). The topological polar surface area (TPSA) is 0 Å². The van der Waals surface area contributed by atoms with E-state index in [2.05, 4.69) is 33.8 Å². The fourth-order valence-electron chi connectivity index (χ4n) is 1.56. The molecule has 12 heavy (non-hydrogen) atoms. The molecular formula is C11H15S. The Morgan fingerprint density at radius 1 is 1.00 bits per heavy atom. The minimum atomic E-state index is 0.735. The van der Waals surface area contributed by atoms with Gasteiger partial charge in [-0.1, -0.05) is 18.7 Å². The van der Waals surface area contributed by atoms with Crippen LogP contribution in [0.4, 0.5) is 0 Å². The van der Waals surface area contributed by atoms with Crippen LogP contribution in [0.1, 0.15) is 27.8 Å². The Labute approximate surface area is 80.4 Å². The molecule has 0 aromatic heterocycles. The predicted molar refractivity (Wildman–Crippen MR) is 56.7 cm³/mol. The smallest absolute Gasteiger partial charge is 0.0294 e. The van der Waals surface area contributed by atoms with Crippen LogP contribution >= 0.6 is 12.6 Å². The molecule has 0 aliphatic rings. The molecule has 0 unspecified atom stereocenters. The minimum absolute atomic E-state index is 0.735. The van der Waals surface area contributed by atoms with Crippen LogP contribution < -0.4 is 0 Å². The van der Waals surface area contributed by atoms with Crippen LogP contribution in [0.3, 0.4) is 0 Å². The van der Waals surface area contributed by atoms with Crippen LogP contribution in [-0.2, 0) is 5.75 Å². The van der Waals surface area contributed by atoms with Crippen molar-refractivity contribution < 1.29 is 0 Å². The second-order valence-electron chi connectivity index (χ2n) is 3.38. The van der Waals surface area contributed by atoms with E-state index in [4.69, 9.17) is 12.6 Å². The average molecular weight is 179 g/mol. The zero-order valence-corrected chi connectivity index (χ0v) is 9.01. The molecule has 0 spiro atoms. The highest BCUT2D eigenvalue weighted by Gasteiger charge is 2.05. The molecule has 0 fully saturated rings. The van der Waals surface area contributed by atoms with E-state index in [1.54, 1.807) is 0 Å². The van der Waals surface area contributed by atoms with Crippen molar-refractivity contribution in [1.82, 2.24) is 0 Å². The maximum atomic E-state index is 5.10. The van der Waals surface area contributed by atoms with Crippen molar-refractivity contribution in [3.05, 3.63) is 33.9 Å². The van der Waals surface area contributed by atoms with Crippen molar-refractivity contribution >= 4 is 12.6 Å². The third kappa shape index (κ3) is 1.51. The van der Waals surface area contributed by atoms with Crippen LogP contribution in [0.2, 0.25) is 0 Å². The molecular weight excluding hydrogens is 164 g/mol. The van der Waals surface area contributed by atoms with E-state index < -0.39 is 0 Å². The fraction of sp³-hybridized carbons (Fsp3) is 0.455. The van der Waals surface area contributed by atoms with Gasteiger partial charge in [0.25, 0.3) is 0 Å². The molecule has 0 nitrogen and oxygen atoms in total. The number of aryl methyl sites for hydroxylation is 2. The summed E-state index contributed by atoms with van der Waals surface area (Å²) in [7, 11) is 0. The summed E-state index contributed by atoms with van der Waals surface area (Å²) in [5.74, 6) is 0.735. The first kappa shape index (κ1) is 9.66. The Bertz CT molecular complexity index is 300. The fourth-order valence-corrected chi connectivity index (χ4v) is 2.00. The van der Waals surface area contributed by atoms with Gasteiger partial charge in [-0.25, -0.2) is 0 Å². The molecule has 0 bridgehead atoms. The Morgan fingerprint density at radius 2 is 1.58 bits per heavy atom. The van der Waals surface area contributed by atoms with Crippen molar-refractivity contribution in [2.45, 2.75) is 33.4 Å². The van der Waals surface area contributed by atoms with Gasteiger partial charge in [-0.3, -0.25) is 0 Å². The molecule has 1 aromatic carbocycles. The molecule has 0 aliphatic heterocycles. The summed E-state index contributed by atoms with van der Waals surface area (Å²) in [6, 6.07) is 2.23. The van der Waals surface area contributed by atoms with Crippen LogP contribution in [-0.4, -0.2) is 0 Å². The second kappa shape index (κ2) is 3.53. The largest absolute Gasteiger partial charge is 0.0890 e. The van der Waals surface area contributed by atoms with E-state index in [0.717, 1.165) is 5.75 Å². The normalized spacial score (nSPS) is 10.4. The van der Waals surface area contributed by atoms with Gasteiger partial charge in [-0.15, -0.1) is 0 Å².